The number of benzene rings is 2. The van der Waals surface area contributed by atoms with E-state index >= 15 is 0 Å². The van der Waals surface area contributed by atoms with E-state index in [0.29, 0.717) is 13.2 Å². The van der Waals surface area contributed by atoms with Crippen LogP contribution in [0.25, 0.3) is 0 Å². The van der Waals surface area contributed by atoms with Crippen molar-refractivity contribution in [3.05, 3.63) is 65.2 Å². The number of ether oxygens (including phenoxy) is 1. The van der Waals surface area contributed by atoms with Gasteiger partial charge in [0.25, 0.3) is 0 Å². The molecule has 0 unspecified atom stereocenters. The van der Waals surface area contributed by atoms with E-state index in [1.165, 1.54) is 11.1 Å². The van der Waals surface area contributed by atoms with Gasteiger partial charge in [0.2, 0.25) is 0 Å². The van der Waals surface area contributed by atoms with E-state index in [4.69, 9.17) is 16.2 Å². The molecule has 0 radical (unpaired) electrons. The highest BCUT2D eigenvalue weighted by molar-refractivity contribution is 5.43. The molecule has 2 aromatic carbocycles. The first-order valence-corrected chi connectivity index (χ1v) is 7.03. The number of fused-ring (bicyclic) bond motifs is 1. The van der Waals surface area contributed by atoms with Crippen molar-refractivity contribution in [2.45, 2.75) is 24.9 Å². The normalized spacial score (nSPS) is 21.1. The molecule has 3 nitrogen and oxygen atoms in total. The summed E-state index contributed by atoms with van der Waals surface area (Å²) in [5.41, 5.74) is 15.6. The van der Waals surface area contributed by atoms with Crippen LogP contribution in [0.15, 0.2) is 48.5 Å². The van der Waals surface area contributed by atoms with Crippen molar-refractivity contribution in [2.24, 2.45) is 11.5 Å². The van der Waals surface area contributed by atoms with Gasteiger partial charge < -0.3 is 16.2 Å². The molecule has 0 spiro atoms. The summed E-state index contributed by atoms with van der Waals surface area (Å²) in [4.78, 5) is 0. The highest BCUT2D eigenvalue weighted by atomic mass is 16.5. The summed E-state index contributed by atoms with van der Waals surface area (Å²) in [6.07, 6.45) is 0.937. The molecule has 1 aliphatic heterocycles. The Morgan fingerprint density at radius 3 is 2.60 bits per heavy atom. The Labute approximate surface area is 119 Å². The predicted molar refractivity (Wildman–Crippen MR) is 80.7 cm³/mol. The Kier molecular flexibility index (Phi) is 3.72. The summed E-state index contributed by atoms with van der Waals surface area (Å²) in [7, 11) is 0. The maximum Gasteiger partial charge on any atom is 0.122 e. The molecule has 4 N–H and O–H groups in total. The zero-order valence-corrected chi connectivity index (χ0v) is 11.5. The first-order valence-electron chi connectivity index (χ1n) is 7.03. The van der Waals surface area contributed by atoms with E-state index in [0.717, 1.165) is 17.7 Å². The molecule has 0 amide bonds. The van der Waals surface area contributed by atoms with Gasteiger partial charge in [0.1, 0.15) is 12.4 Å². The minimum Gasteiger partial charge on any atom is -0.492 e. The minimum absolute atomic E-state index is 0.0238. The van der Waals surface area contributed by atoms with Gasteiger partial charge in [0, 0.05) is 18.5 Å². The molecule has 1 aliphatic rings. The molecule has 0 bridgehead atoms. The second-order valence-electron chi connectivity index (χ2n) is 5.35. The van der Waals surface area contributed by atoms with E-state index in [9.17, 15) is 0 Å². The zero-order chi connectivity index (χ0) is 13.9. The SMILES string of the molecule is NCc1ccc2c(c1)[C@@H](Cc1ccccc1)[C@@H](N)CO2. The van der Waals surface area contributed by atoms with Crippen LogP contribution in [0.3, 0.4) is 0 Å². The van der Waals surface area contributed by atoms with Gasteiger partial charge in [-0.3, -0.25) is 0 Å². The molecule has 104 valence electrons. The van der Waals surface area contributed by atoms with Gasteiger partial charge in [-0.15, -0.1) is 0 Å². The Morgan fingerprint density at radius 2 is 1.85 bits per heavy atom. The second kappa shape index (κ2) is 5.65. The Bertz CT molecular complexity index is 583. The van der Waals surface area contributed by atoms with Crippen LogP contribution in [0.2, 0.25) is 0 Å². The lowest BCUT2D eigenvalue weighted by molar-refractivity contribution is 0.238. The summed E-state index contributed by atoms with van der Waals surface area (Å²) in [5, 5.41) is 0. The number of hydrogen-bond donors (Lipinski definition) is 2. The molecular formula is C17H20N2O. The first kappa shape index (κ1) is 13.2. The van der Waals surface area contributed by atoms with Gasteiger partial charge in [0.05, 0.1) is 0 Å². The summed E-state index contributed by atoms with van der Waals surface area (Å²) >= 11 is 0. The molecule has 0 fully saturated rings. The van der Waals surface area contributed by atoms with Crippen molar-refractivity contribution in [2.75, 3.05) is 6.61 Å². The zero-order valence-electron chi connectivity index (χ0n) is 11.5. The summed E-state index contributed by atoms with van der Waals surface area (Å²) in [6.45, 7) is 1.12. The van der Waals surface area contributed by atoms with Crippen LogP contribution in [0.5, 0.6) is 5.75 Å². The van der Waals surface area contributed by atoms with E-state index < -0.39 is 0 Å². The van der Waals surface area contributed by atoms with Crippen molar-refractivity contribution < 1.29 is 4.74 Å². The monoisotopic (exact) mass is 268 g/mol. The number of hydrogen-bond acceptors (Lipinski definition) is 3. The van der Waals surface area contributed by atoms with Crippen molar-refractivity contribution >= 4 is 0 Å². The smallest absolute Gasteiger partial charge is 0.122 e. The van der Waals surface area contributed by atoms with Crippen LogP contribution >= 0.6 is 0 Å². The lowest BCUT2D eigenvalue weighted by Crippen LogP contribution is -2.39. The third-order valence-corrected chi connectivity index (χ3v) is 3.96. The summed E-state index contributed by atoms with van der Waals surface area (Å²) < 4.78 is 5.74. The molecule has 20 heavy (non-hydrogen) atoms. The maximum absolute atomic E-state index is 6.28. The average molecular weight is 268 g/mol. The quantitative estimate of drug-likeness (QED) is 0.897. The largest absolute Gasteiger partial charge is 0.492 e. The van der Waals surface area contributed by atoms with E-state index in [1.807, 2.05) is 18.2 Å². The van der Waals surface area contributed by atoms with Crippen molar-refractivity contribution in [1.29, 1.82) is 0 Å². The van der Waals surface area contributed by atoms with Gasteiger partial charge in [-0.05, 0) is 29.2 Å². The molecule has 3 rings (SSSR count). The lowest BCUT2D eigenvalue weighted by Gasteiger charge is -2.32. The van der Waals surface area contributed by atoms with Crippen molar-refractivity contribution in [3.8, 4) is 5.75 Å². The van der Waals surface area contributed by atoms with Crippen molar-refractivity contribution in [3.63, 3.8) is 0 Å². The van der Waals surface area contributed by atoms with Crippen LogP contribution in [-0.4, -0.2) is 12.6 Å². The van der Waals surface area contributed by atoms with E-state index in [-0.39, 0.29) is 12.0 Å². The Hall–Kier alpha value is -1.84. The molecule has 3 heteroatoms. The molecule has 2 atom stereocenters. The number of nitrogens with two attached hydrogens (primary N) is 2. The maximum atomic E-state index is 6.28. The topological polar surface area (TPSA) is 61.3 Å². The van der Waals surface area contributed by atoms with Gasteiger partial charge in [0.15, 0.2) is 0 Å². The third-order valence-electron chi connectivity index (χ3n) is 3.96. The highest BCUT2D eigenvalue weighted by Gasteiger charge is 2.28. The molecule has 0 saturated heterocycles. The van der Waals surface area contributed by atoms with E-state index in [1.54, 1.807) is 0 Å². The highest BCUT2D eigenvalue weighted by Crippen LogP contribution is 2.35. The van der Waals surface area contributed by atoms with Gasteiger partial charge in [-0.25, -0.2) is 0 Å². The van der Waals surface area contributed by atoms with Crippen LogP contribution in [-0.2, 0) is 13.0 Å². The molecule has 2 aromatic rings. The molecular weight excluding hydrogens is 248 g/mol. The Morgan fingerprint density at radius 1 is 1.05 bits per heavy atom. The van der Waals surface area contributed by atoms with Crippen LogP contribution < -0.4 is 16.2 Å². The second-order valence-corrected chi connectivity index (χ2v) is 5.35. The van der Waals surface area contributed by atoms with Gasteiger partial charge in [-0.2, -0.15) is 0 Å². The number of rotatable bonds is 3. The van der Waals surface area contributed by atoms with E-state index in [2.05, 4.69) is 30.3 Å². The first-order chi connectivity index (χ1) is 9.78. The minimum atomic E-state index is 0.0238. The van der Waals surface area contributed by atoms with Gasteiger partial charge in [-0.1, -0.05) is 42.5 Å². The summed E-state index contributed by atoms with van der Waals surface area (Å²) in [5.74, 6) is 1.23. The van der Waals surface area contributed by atoms with Crippen LogP contribution in [0, 0.1) is 0 Å². The fraction of sp³-hybridized carbons (Fsp3) is 0.294. The van der Waals surface area contributed by atoms with Crippen LogP contribution in [0.1, 0.15) is 22.6 Å². The van der Waals surface area contributed by atoms with Gasteiger partial charge >= 0.3 is 0 Å². The van der Waals surface area contributed by atoms with Crippen LogP contribution in [0.4, 0.5) is 0 Å². The molecule has 1 heterocycles. The molecule has 0 aromatic heterocycles. The Balaban J connectivity index is 1.94. The fourth-order valence-corrected chi connectivity index (χ4v) is 2.81. The molecule has 0 saturated carbocycles. The lowest BCUT2D eigenvalue weighted by atomic mass is 9.84. The predicted octanol–water partition coefficient (Wildman–Crippen LogP) is 2.19. The standard InChI is InChI=1S/C17H20N2O/c18-10-13-6-7-17-15(9-13)14(16(19)11-20-17)8-12-4-2-1-3-5-12/h1-7,9,14,16H,8,10-11,18-19H2/t14-,16+/m1/s1. The third kappa shape index (κ3) is 2.55. The fourth-order valence-electron chi connectivity index (χ4n) is 2.81. The van der Waals surface area contributed by atoms with Crippen molar-refractivity contribution in [1.82, 2.24) is 0 Å². The molecule has 0 aliphatic carbocycles. The average Bonchev–Trinajstić information content (AvgIpc) is 2.51. The summed E-state index contributed by atoms with van der Waals surface area (Å²) in [6, 6.07) is 16.7.